The van der Waals surface area contributed by atoms with Crippen LogP contribution in [0.1, 0.15) is 0 Å². The Labute approximate surface area is 57.7 Å². The number of rotatable bonds is 2. The number of hydrogen-bond donors (Lipinski definition) is 0. The lowest BCUT2D eigenvalue weighted by Gasteiger charge is -1.90. The van der Waals surface area contributed by atoms with Gasteiger partial charge in [-0.1, -0.05) is 11.6 Å². The monoisotopic (exact) mass is 154 g/mol. The van der Waals surface area contributed by atoms with E-state index in [0.29, 0.717) is 0 Å². The van der Waals surface area contributed by atoms with Gasteiger partial charge in [0.15, 0.2) is 0 Å². The lowest BCUT2D eigenvalue weighted by molar-refractivity contribution is 2.31. The average Bonchev–Trinajstić information content (AvgIpc) is 1.72. The minimum atomic E-state index is 1.15. The predicted molar refractivity (Wildman–Crippen MR) is 41.0 cm³/mol. The predicted octanol–water partition coefficient (Wildman–Crippen LogP) is 2.75. The van der Waals surface area contributed by atoms with Crippen LogP contribution in [-0.2, 0) is 0 Å². The number of halogens is 1. The first-order valence-corrected chi connectivity index (χ1v) is 4.62. The van der Waals surface area contributed by atoms with E-state index in [2.05, 4.69) is 0 Å². The fraction of sp³-hybridized carbons (Fsp3) is 0.500. The quantitative estimate of drug-likeness (QED) is 0.600. The summed E-state index contributed by atoms with van der Waals surface area (Å²) in [6.07, 6.45) is 4.01. The van der Waals surface area contributed by atoms with Crippen molar-refractivity contribution >= 4 is 35.1 Å². The summed E-state index contributed by atoms with van der Waals surface area (Å²) in [4.78, 5) is 0. The minimum Gasteiger partial charge on any atom is -0.122 e. The van der Waals surface area contributed by atoms with Gasteiger partial charge in [0, 0.05) is 5.54 Å². The molecule has 0 radical (unpaired) electrons. The highest BCUT2D eigenvalue weighted by molar-refractivity contribution is 8.21. The Kier molecular flexibility index (Phi) is 5.39. The molecule has 0 rings (SSSR count). The van der Waals surface area contributed by atoms with E-state index in [4.69, 9.17) is 11.6 Å². The van der Waals surface area contributed by atoms with Crippen molar-refractivity contribution in [2.45, 2.75) is 0 Å². The maximum atomic E-state index is 5.36. The summed E-state index contributed by atoms with van der Waals surface area (Å²) >= 11 is 8.69. The van der Waals surface area contributed by atoms with Gasteiger partial charge in [-0.3, -0.25) is 0 Å². The normalized spacial score (nSPS) is 8.43. The van der Waals surface area contributed by atoms with Crippen molar-refractivity contribution in [1.29, 1.82) is 0 Å². The minimum absolute atomic E-state index is 1.15. The molecular formula is C4H7ClS2. The van der Waals surface area contributed by atoms with E-state index in [1.165, 1.54) is 0 Å². The van der Waals surface area contributed by atoms with Crippen LogP contribution in [0.15, 0.2) is 9.77 Å². The zero-order chi connectivity index (χ0) is 5.70. The van der Waals surface area contributed by atoms with Crippen molar-refractivity contribution < 1.29 is 0 Å². The number of thioether (sulfide) groups is 2. The van der Waals surface area contributed by atoms with E-state index in [1.807, 2.05) is 12.5 Å². The molecule has 0 spiro atoms. The smallest absolute Gasteiger partial charge is 0.0509 e. The summed E-state index contributed by atoms with van der Waals surface area (Å²) in [5.41, 5.74) is 1.59. The molecule has 42 valence electrons. The Hall–Kier alpha value is 0.730. The van der Waals surface area contributed by atoms with Gasteiger partial charge in [0.2, 0.25) is 0 Å². The molecule has 0 aliphatic carbocycles. The van der Waals surface area contributed by atoms with Gasteiger partial charge in [-0.2, -0.15) is 0 Å². The van der Waals surface area contributed by atoms with Crippen LogP contribution >= 0.6 is 35.1 Å². The third-order valence-electron chi connectivity index (χ3n) is 0.491. The first kappa shape index (κ1) is 7.73. The molecule has 0 nitrogen and oxygen atoms in total. The maximum Gasteiger partial charge on any atom is 0.0509 e. The van der Waals surface area contributed by atoms with Gasteiger partial charge < -0.3 is 0 Å². The van der Waals surface area contributed by atoms with Crippen molar-refractivity contribution in [1.82, 2.24) is 0 Å². The summed E-state index contributed by atoms with van der Waals surface area (Å²) < 4.78 is 1.15. The maximum absolute atomic E-state index is 5.36. The fourth-order valence-electron chi connectivity index (χ4n) is 0.172. The molecule has 0 heterocycles. The molecule has 0 aliphatic heterocycles. The molecule has 0 bridgehead atoms. The molecule has 0 aromatic rings. The van der Waals surface area contributed by atoms with Crippen LogP contribution in [0.4, 0.5) is 0 Å². The van der Waals surface area contributed by atoms with Gasteiger partial charge >= 0.3 is 0 Å². The van der Waals surface area contributed by atoms with Gasteiger partial charge in [-0.15, -0.1) is 23.5 Å². The van der Waals surface area contributed by atoms with Crippen molar-refractivity contribution in [3.63, 3.8) is 0 Å². The van der Waals surface area contributed by atoms with Crippen LogP contribution in [0, 0.1) is 0 Å². The molecule has 0 aromatic heterocycles. The van der Waals surface area contributed by atoms with Crippen LogP contribution in [0.2, 0.25) is 0 Å². The van der Waals surface area contributed by atoms with Gasteiger partial charge in [0.1, 0.15) is 0 Å². The second-order valence-corrected chi connectivity index (χ2v) is 3.01. The lowest BCUT2D eigenvalue weighted by atomic mass is 11.2. The zero-order valence-electron chi connectivity index (χ0n) is 4.27. The Morgan fingerprint density at radius 1 is 1.43 bits per heavy atom. The van der Waals surface area contributed by atoms with E-state index in [-0.39, 0.29) is 0 Å². The first-order chi connectivity index (χ1) is 3.35. The number of hydrogen-bond acceptors (Lipinski definition) is 2. The molecule has 0 saturated carbocycles. The largest absolute Gasteiger partial charge is 0.122 e. The highest BCUT2D eigenvalue weighted by Crippen LogP contribution is 2.23. The van der Waals surface area contributed by atoms with Crippen LogP contribution < -0.4 is 0 Å². The van der Waals surface area contributed by atoms with Crippen LogP contribution in [0.5, 0.6) is 0 Å². The molecular weight excluding hydrogens is 148 g/mol. The van der Waals surface area contributed by atoms with Crippen molar-refractivity contribution in [3.8, 4) is 0 Å². The highest BCUT2D eigenvalue weighted by atomic mass is 35.5. The Morgan fingerprint density at radius 3 is 1.86 bits per heavy atom. The van der Waals surface area contributed by atoms with Crippen LogP contribution in [0.3, 0.4) is 0 Å². The third kappa shape index (κ3) is 3.32. The van der Waals surface area contributed by atoms with Crippen molar-refractivity contribution in [2.75, 3.05) is 12.5 Å². The SMILES string of the molecule is CSC(=CCl)SC. The van der Waals surface area contributed by atoms with Crippen LogP contribution in [-0.4, -0.2) is 12.5 Å². The van der Waals surface area contributed by atoms with E-state index >= 15 is 0 Å². The van der Waals surface area contributed by atoms with Gasteiger partial charge in [0.05, 0.1) is 4.24 Å². The standard InChI is InChI=1S/C4H7ClS2/c1-6-4(3-5)7-2/h3H,1-2H3. The Bertz CT molecular complexity index is 64.1. The summed E-state index contributed by atoms with van der Waals surface area (Å²) in [5.74, 6) is 0. The lowest BCUT2D eigenvalue weighted by Crippen LogP contribution is -1.57. The molecule has 0 atom stereocenters. The molecule has 0 saturated heterocycles. The second-order valence-electron chi connectivity index (χ2n) is 0.836. The fourth-order valence-corrected chi connectivity index (χ4v) is 1.55. The summed E-state index contributed by atoms with van der Waals surface area (Å²) in [6.45, 7) is 0. The average molecular weight is 155 g/mol. The zero-order valence-corrected chi connectivity index (χ0v) is 6.66. The van der Waals surface area contributed by atoms with Crippen molar-refractivity contribution in [2.24, 2.45) is 0 Å². The molecule has 7 heavy (non-hydrogen) atoms. The molecule has 0 aromatic carbocycles. The second kappa shape index (κ2) is 4.88. The Balaban J connectivity index is 3.38. The van der Waals surface area contributed by atoms with Gasteiger partial charge in [-0.25, -0.2) is 0 Å². The Morgan fingerprint density at radius 2 is 1.86 bits per heavy atom. The third-order valence-corrected chi connectivity index (χ3v) is 3.01. The van der Waals surface area contributed by atoms with Crippen molar-refractivity contribution in [3.05, 3.63) is 9.77 Å². The van der Waals surface area contributed by atoms with E-state index < -0.39 is 0 Å². The molecule has 0 aliphatic rings. The van der Waals surface area contributed by atoms with Gasteiger partial charge in [-0.05, 0) is 12.5 Å². The van der Waals surface area contributed by atoms with E-state index in [9.17, 15) is 0 Å². The topological polar surface area (TPSA) is 0 Å². The first-order valence-electron chi connectivity index (χ1n) is 1.73. The molecule has 0 amide bonds. The summed E-state index contributed by atoms with van der Waals surface area (Å²) in [5, 5.41) is 0. The molecule has 0 unspecified atom stereocenters. The van der Waals surface area contributed by atoms with E-state index in [0.717, 1.165) is 4.24 Å². The summed E-state index contributed by atoms with van der Waals surface area (Å²) in [7, 11) is 0. The van der Waals surface area contributed by atoms with Crippen LogP contribution in [0.25, 0.3) is 0 Å². The molecule has 3 heteroatoms. The highest BCUT2D eigenvalue weighted by Gasteiger charge is 1.84. The van der Waals surface area contributed by atoms with Gasteiger partial charge in [0.25, 0.3) is 0 Å². The van der Waals surface area contributed by atoms with E-state index in [1.54, 1.807) is 29.1 Å². The molecule has 0 fully saturated rings. The molecule has 0 N–H and O–H groups in total. The summed E-state index contributed by atoms with van der Waals surface area (Å²) in [6, 6.07) is 0.